The van der Waals surface area contributed by atoms with Crippen molar-refractivity contribution < 1.29 is 108 Å². The standard InChI is InChI=1S/C55H86O22/c1-24(2)12-11-17-54(9)45-31(71-26(4)57)20-53(8)28-13-14-33-51(5,6)34(16-18-52(33,7)27(28)15-19-55(45,53)50(66)77-54)73-49-44(35(60)29(58)22-69-49)76-47-38(63)37(62)41(25(3)70-47)74-46-39(64)42(30(59)23-68-46)75-48-40(65)43(67-10)36(61)32(21-56)72-48/h15,25,28-49,56,58-65H,1,11-14,16-23H2,2-10H3/t25-,28-,29-,30-,31+,32-,33+,34+,35+,36-,37-,38-,39-,40-,41-,42+,43+,44-,45-,46+,47+,48+,49+,52-,53+,54+,55-/m1/s1. The topological polar surface area (TPSA) is 318 Å². The summed E-state index contributed by atoms with van der Waals surface area (Å²) in [5.74, 6) is -0.775. The molecule has 4 aliphatic carbocycles. The van der Waals surface area contributed by atoms with Crippen molar-refractivity contribution in [3.8, 4) is 0 Å². The summed E-state index contributed by atoms with van der Waals surface area (Å²) in [5, 5.41) is 98.7. The van der Waals surface area contributed by atoms with E-state index in [4.69, 9.17) is 52.1 Å². The Kier molecular flexibility index (Phi) is 17.0. The first-order valence-corrected chi connectivity index (χ1v) is 27.7. The van der Waals surface area contributed by atoms with Crippen LogP contribution in [-0.2, 0) is 61.7 Å². The molecule has 3 saturated carbocycles. The molecule has 22 nitrogen and oxygen atoms in total. The second-order valence-electron chi connectivity index (χ2n) is 25.1. The van der Waals surface area contributed by atoms with Gasteiger partial charge >= 0.3 is 11.9 Å². The monoisotopic (exact) mass is 1100 g/mol. The molecule has 9 N–H and O–H groups in total. The van der Waals surface area contributed by atoms with Gasteiger partial charge in [-0.3, -0.25) is 9.59 Å². The summed E-state index contributed by atoms with van der Waals surface area (Å²) in [7, 11) is 1.23. The second-order valence-corrected chi connectivity index (χ2v) is 25.1. The summed E-state index contributed by atoms with van der Waals surface area (Å²) in [6.45, 7) is 18.5. The van der Waals surface area contributed by atoms with E-state index in [9.17, 15) is 55.5 Å². The average Bonchev–Trinajstić information content (AvgIpc) is 3.98. The molecule has 8 fully saturated rings. The van der Waals surface area contributed by atoms with Gasteiger partial charge in [0.05, 0.1) is 43.4 Å². The quantitative estimate of drug-likeness (QED) is 0.0622. The van der Waals surface area contributed by atoms with Crippen LogP contribution in [0, 0.1) is 39.4 Å². The molecule has 1 spiro atoms. The fourth-order valence-electron chi connectivity index (χ4n) is 16.2. The molecule has 0 radical (unpaired) electrons. The van der Waals surface area contributed by atoms with Crippen LogP contribution >= 0.6 is 0 Å². The van der Waals surface area contributed by atoms with E-state index in [1.807, 2.05) is 13.8 Å². The summed E-state index contributed by atoms with van der Waals surface area (Å²) in [6, 6.07) is 0. The van der Waals surface area contributed by atoms with Crippen LogP contribution in [-0.4, -0.2) is 213 Å². The zero-order valence-corrected chi connectivity index (χ0v) is 45.9. The smallest absolute Gasteiger partial charge is 0.314 e. The molecule has 5 aliphatic heterocycles. The molecular formula is C55H86O22. The summed E-state index contributed by atoms with van der Waals surface area (Å²) >= 11 is 0. The maximum Gasteiger partial charge on any atom is 0.314 e. The van der Waals surface area contributed by atoms with E-state index in [-0.39, 0.29) is 41.7 Å². The number of esters is 2. The lowest BCUT2D eigenvalue weighted by molar-refractivity contribution is -0.382. The number of hydrogen-bond donors (Lipinski definition) is 9. The minimum atomic E-state index is -1.84. The molecule has 9 rings (SSSR count). The lowest BCUT2D eigenvalue weighted by Gasteiger charge is -2.63. The largest absolute Gasteiger partial charge is 0.462 e. The van der Waals surface area contributed by atoms with Gasteiger partial charge in [-0.25, -0.2) is 0 Å². The van der Waals surface area contributed by atoms with Crippen molar-refractivity contribution in [3.63, 3.8) is 0 Å². The Hall–Kier alpha value is -2.30. The highest BCUT2D eigenvalue weighted by atomic mass is 16.8. The Labute approximate surface area is 450 Å². The molecule has 77 heavy (non-hydrogen) atoms. The van der Waals surface area contributed by atoms with Gasteiger partial charge in [-0.15, -0.1) is 6.58 Å². The third kappa shape index (κ3) is 9.99. The molecule has 0 bridgehead atoms. The van der Waals surface area contributed by atoms with E-state index in [0.717, 1.165) is 37.7 Å². The normalized spacial score (nSPS) is 51.3. The lowest BCUT2D eigenvalue weighted by Crippen LogP contribution is -2.65. The molecular weight excluding hydrogens is 1010 g/mol. The summed E-state index contributed by atoms with van der Waals surface area (Å²) in [4.78, 5) is 27.4. The number of aliphatic hydroxyl groups excluding tert-OH is 9. The van der Waals surface area contributed by atoms with Crippen LogP contribution in [0.15, 0.2) is 23.8 Å². The molecule has 22 heteroatoms. The zero-order chi connectivity index (χ0) is 56.1. The molecule has 0 aromatic carbocycles. The number of fused-ring (bicyclic) bond motifs is 4. The van der Waals surface area contributed by atoms with Crippen LogP contribution < -0.4 is 0 Å². The molecule has 0 unspecified atom stereocenters. The molecule has 5 heterocycles. The Balaban J connectivity index is 0.871. The van der Waals surface area contributed by atoms with Gasteiger partial charge in [-0.1, -0.05) is 44.9 Å². The fraction of sp³-hybridized carbons (Fsp3) is 0.891. The van der Waals surface area contributed by atoms with Gasteiger partial charge in [0.15, 0.2) is 25.2 Å². The van der Waals surface area contributed by atoms with Crippen LogP contribution in [0.3, 0.4) is 0 Å². The molecule has 5 saturated heterocycles. The van der Waals surface area contributed by atoms with Crippen molar-refractivity contribution in [2.24, 2.45) is 39.4 Å². The average molecular weight is 1100 g/mol. The van der Waals surface area contributed by atoms with Crippen molar-refractivity contribution >= 4 is 11.9 Å². The van der Waals surface area contributed by atoms with Crippen LogP contribution in [0.5, 0.6) is 0 Å². The number of aliphatic hydroxyl groups is 9. The van der Waals surface area contributed by atoms with Gasteiger partial charge in [-0.05, 0) is 107 Å². The van der Waals surface area contributed by atoms with Gasteiger partial charge in [-0.2, -0.15) is 0 Å². The SMILES string of the molecule is C=C(C)CCC[C@]1(C)OC(=O)[C@]23CC=C4[C@@H](CC[C@H]5C(C)(C)[C@@H](O[C@@H]6OC[C@@H](O)[C@H](O)[C@H]6O[C@@H]6O[C@H](C)[C@@H](O[C@@H]7OC[C@@H](O)[C@H](O[C@@H]8O[C@H](CO)[C@@H](O)[C@H](OC)[C@H]8O)[C@H]7O)[C@H](O)[C@H]6O)CC[C@]45C)[C@]2(C)C[C@H](OC(C)=O)[C@@H]31. The van der Waals surface area contributed by atoms with E-state index in [1.54, 1.807) is 0 Å². The number of carbonyl (C=O) groups is 2. The first kappa shape index (κ1) is 59.3. The number of allylic oxidation sites excluding steroid dienone is 3. The maximum absolute atomic E-state index is 14.6. The van der Waals surface area contributed by atoms with Crippen molar-refractivity contribution in [2.75, 3.05) is 26.9 Å². The highest BCUT2D eigenvalue weighted by Crippen LogP contribution is 2.76. The predicted octanol–water partition coefficient (Wildman–Crippen LogP) is 0.793. The number of ether oxygens (including phenoxy) is 11. The number of cyclic esters (lactones) is 1. The first-order valence-electron chi connectivity index (χ1n) is 27.7. The van der Waals surface area contributed by atoms with Gasteiger partial charge in [0.1, 0.15) is 91.1 Å². The molecule has 0 aromatic rings. The molecule has 27 atom stereocenters. The van der Waals surface area contributed by atoms with E-state index in [1.165, 1.54) is 26.5 Å². The van der Waals surface area contributed by atoms with Crippen molar-refractivity contribution in [2.45, 2.75) is 242 Å². The number of methoxy groups -OCH3 is 1. The maximum atomic E-state index is 14.6. The second kappa shape index (κ2) is 22.1. The van der Waals surface area contributed by atoms with Crippen LogP contribution in [0.4, 0.5) is 0 Å². The van der Waals surface area contributed by atoms with Crippen LogP contribution in [0.25, 0.3) is 0 Å². The van der Waals surface area contributed by atoms with Crippen molar-refractivity contribution in [3.05, 3.63) is 23.8 Å². The summed E-state index contributed by atoms with van der Waals surface area (Å²) in [6.07, 6.45) is -19.3. The van der Waals surface area contributed by atoms with Crippen LogP contribution in [0.2, 0.25) is 0 Å². The third-order valence-corrected chi connectivity index (χ3v) is 20.0. The predicted molar refractivity (Wildman–Crippen MR) is 265 cm³/mol. The Morgan fingerprint density at radius 2 is 1.40 bits per heavy atom. The summed E-state index contributed by atoms with van der Waals surface area (Å²) < 4.78 is 66.0. The Bertz CT molecular complexity index is 2180. The number of hydrogen-bond acceptors (Lipinski definition) is 22. The van der Waals surface area contributed by atoms with E-state index >= 15 is 0 Å². The van der Waals surface area contributed by atoms with Crippen LogP contribution in [0.1, 0.15) is 113 Å². The van der Waals surface area contributed by atoms with Crippen molar-refractivity contribution in [1.82, 2.24) is 0 Å². The van der Waals surface area contributed by atoms with Gasteiger partial charge < -0.3 is 98.1 Å². The molecule has 0 amide bonds. The Morgan fingerprint density at radius 3 is 2.08 bits per heavy atom. The third-order valence-electron chi connectivity index (χ3n) is 20.0. The number of carbonyl (C=O) groups excluding carboxylic acids is 2. The molecule has 0 aromatic heterocycles. The highest BCUT2D eigenvalue weighted by molar-refractivity contribution is 5.84. The fourth-order valence-corrected chi connectivity index (χ4v) is 16.2. The van der Waals surface area contributed by atoms with E-state index in [2.05, 4.69) is 40.3 Å². The number of rotatable bonds is 15. The first-order chi connectivity index (χ1) is 36.2. The van der Waals surface area contributed by atoms with E-state index < -0.39 is 158 Å². The van der Waals surface area contributed by atoms with Gasteiger partial charge in [0.2, 0.25) is 0 Å². The zero-order valence-electron chi connectivity index (χ0n) is 45.9. The van der Waals surface area contributed by atoms with Gasteiger partial charge in [0, 0.05) is 14.0 Å². The summed E-state index contributed by atoms with van der Waals surface area (Å²) in [5.41, 5.74) is -0.657. The highest BCUT2D eigenvalue weighted by Gasteiger charge is 2.79. The minimum Gasteiger partial charge on any atom is -0.462 e. The lowest BCUT2D eigenvalue weighted by atomic mass is 9.41. The molecule has 9 aliphatic rings. The van der Waals surface area contributed by atoms with Gasteiger partial charge in [0.25, 0.3) is 0 Å². The minimum absolute atomic E-state index is 0.0258. The Morgan fingerprint density at radius 1 is 0.753 bits per heavy atom. The van der Waals surface area contributed by atoms with Crippen molar-refractivity contribution in [1.29, 1.82) is 0 Å². The van der Waals surface area contributed by atoms with E-state index in [0.29, 0.717) is 25.7 Å². The molecule has 438 valence electrons.